The number of amides is 1. The SMILES string of the molecule is CC(C)C1(C(=O)N2CCc3ncc(C(F)(F)F)cc3C2)CCC(N2[C@@H]3CC[C@H]2CC(c2ccccc2)C3)C1. The number of piperidine rings is 1. The van der Waals surface area contributed by atoms with Crippen LogP contribution in [-0.2, 0) is 23.9 Å². The topological polar surface area (TPSA) is 36.4 Å². The van der Waals surface area contributed by atoms with E-state index in [1.54, 1.807) is 0 Å². The summed E-state index contributed by atoms with van der Waals surface area (Å²) in [5, 5.41) is 0. The van der Waals surface area contributed by atoms with Crippen LogP contribution in [0.25, 0.3) is 0 Å². The number of nitrogens with zero attached hydrogens (tertiary/aromatic N) is 3. The summed E-state index contributed by atoms with van der Waals surface area (Å²) in [6.45, 7) is 5.05. The first-order chi connectivity index (χ1) is 18.2. The fraction of sp³-hybridized carbons (Fsp3) is 0.613. The number of rotatable bonds is 4. The van der Waals surface area contributed by atoms with E-state index < -0.39 is 17.2 Å². The van der Waals surface area contributed by atoms with E-state index in [-0.39, 0.29) is 18.4 Å². The normalized spacial score (nSPS) is 31.6. The molecule has 204 valence electrons. The Morgan fingerprint density at radius 1 is 1.05 bits per heavy atom. The summed E-state index contributed by atoms with van der Waals surface area (Å²) in [6, 6.07) is 13.7. The van der Waals surface area contributed by atoms with Gasteiger partial charge in [0.25, 0.3) is 0 Å². The second kappa shape index (κ2) is 9.65. The quantitative estimate of drug-likeness (QED) is 0.452. The molecule has 1 aromatic carbocycles. The molecule has 2 saturated heterocycles. The number of hydrogen-bond acceptors (Lipinski definition) is 3. The number of halogens is 3. The van der Waals surface area contributed by atoms with Crippen LogP contribution in [0.2, 0.25) is 0 Å². The molecule has 3 aliphatic heterocycles. The lowest BCUT2D eigenvalue weighted by molar-refractivity contribution is -0.146. The monoisotopic (exact) mass is 525 g/mol. The van der Waals surface area contributed by atoms with Gasteiger partial charge in [0.15, 0.2) is 0 Å². The molecule has 38 heavy (non-hydrogen) atoms. The van der Waals surface area contributed by atoms with Gasteiger partial charge in [0, 0.05) is 49.5 Å². The molecule has 0 spiro atoms. The highest BCUT2D eigenvalue weighted by Crippen LogP contribution is 2.52. The second-order valence-corrected chi connectivity index (χ2v) is 12.4. The average molecular weight is 526 g/mol. The largest absolute Gasteiger partial charge is 0.417 e. The summed E-state index contributed by atoms with van der Waals surface area (Å²) >= 11 is 0. The van der Waals surface area contributed by atoms with Gasteiger partial charge in [-0.15, -0.1) is 0 Å². The summed E-state index contributed by atoms with van der Waals surface area (Å²) in [7, 11) is 0. The van der Waals surface area contributed by atoms with Crippen LogP contribution < -0.4 is 0 Å². The molecular weight excluding hydrogens is 487 g/mol. The van der Waals surface area contributed by atoms with Crippen LogP contribution in [-0.4, -0.2) is 45.4 Å². The summed E-state index contributed by atoms with van der Waals surface area (Å²) in [6.07, 6.45) is 4.60. The average Bonchev–Trinajstić information content (AvgIpc) is 3.46. The van der Waals surface area contributed by atoms with Crippen molar-refractivity contribution < 1.29 is 18.0 Å². The molecule has 5 atom stereocenters. The molecule has 0 radical (unpaired) electrons. The summed E-state index contributed by atoms with van der Waals surface area (Å²) < 4.78 is 39.9. The van der Waals surface area contributed by atoms with E-state index in [4.69, 9.17) is 0 Å². The van der Waals surface area contributed by atoms with E-state index >= 15 is 0 Å². The van der Waals surface area contributed by atoms with Crippen LogP contribution >= 0.6 is 0 Å². The summed E-state index contributed by atoms with van der Waals surface area (Å²) in [5.41, 5.74) is 1.49. The second-order valence-electron chi connectivity index (χ2n) is 12.4. The Kier molecular flexibility index (Phi) is 6.56. The third kappa shape index (κ3) is 4.44. The Labute approximate surface area is 223 Å². The first-order valence-corrected chi connectivity index (χ1v) is 14.3. The van der Waals surface area contributed by atoms with E-state index in [9.17, 15) is 18.0 Å². The first-order valence-electron chi connectivity index (χ1n) is 14.3. The standard InChI is InChI=1S/C31H38F3N3O/c1-20(2)30(29(38)36-13-11-28-23(19-36)14-24(18-35-28)31(32,33)34)12-10-27(17-30)37-25-8-9-26(37)16-22(15-25)21-6-4-3-5-7-21/h3-7,14,18,20,22,25-27H,8-13,15-17,19H2,1-2H3/t22?,25-,26+,27?,30?. The van der Waals surface area contributed by atoms with Crippen molar-refractivity contribution in [1.29, 1.82) is 0 Å². The molecule has 6 rings (SSSR count). The number of carbonyl (C=O) groups is 1. The molecule has 1 aliphatic carbocycles. The lowest BCUT2D eigenvalue weighted by Gasteiger charge is -2.44. The van der Waals surface area contributed by atoms with Gasteiger partial charge in [-0.2, -0.15) is 13.2 Å². The Morgan fingerprint density at radius 2 is 1.76 bits per heavy atom. The molecule has 2 aromatic rings. The zero-order valence-electron chi connectivity index (χ0n) is 22.4. The number of benzene rings is 1. The third-order valence-corrected chi connectivity index (χ3v) is 10.2. The van der Waals surface area contributed by atoms with Gasteiger partial charge in [0.2, 0.25) is 5.91 Å². The molecule has 1 amide bonds. The maximum atomic E-state index is 14.2. The van der Waals surface area contributed by atoms with Gasteiger partial charge in [0.05, 0.1) is 11.0 Å². The van der Waals surface area contributed by atoms with Gasteiger partial charge in [0.1, 0.15) is 0 Å². The van der Waals surface area contributed by atoms with Gasteiger partial charge in [-0.05, 0) is 74.0 Å². The minimum absolute atomic E-state index is 0.129. The van der Waals surface area contributed by atoms with E-state index in [2.05, 4.69) is 54.1 Å². The van der Waals surface area contributed by atoms with E-state index in [0.29, 0.717) is 48.3 Å². The lowest BCUT2D eigenvalue weighted by Crippen LogP contribution is -2.50. The molecule has 4 heterocycles. The van der Waals surface area contributed by atoms with E-state index in [1.807, 2.05) is 4.90 Å². The van der Waals surface area contributed by atoms with Gasteiger partial charge in [-0.25, -0.2) is 0 Å². The van der Waals surface area contributed by atoms with Crippen LogP contribution in [0.3, 0.4) is 0 Å². The summed E-state index contributed by atoms with van der Waals surface area (Å²) in [4.78, 5) is 22.9. The minimum Gasteiger partial charge on any atom is -0.337 e. The van der Waals surface area contributed by atoms with Crippen molar-refractivity contribution in [3.8, 4) is 0 Å². The molecular formula is C31H38F3N3O. The van der Waals surface area contributed by atoms with Crippen LogP contribution in [0.15, 0.2) is 42.6 Å². The Balaban J connectivity index is 1.18. The predicted octanol–water partition coefficient (Wildman–Crippen LogP) is 6.59. The van der Waals surface area contributed by atoms with Crippen LogP contribution in [0, 0.1) is 11.3 Å². The van der Waals surface area contributed by atoms with Crippen molar-refractivity contribution in [2.24, 2.45) is 11.3 Å². The molecule has 1 aromatic heterocycles. The summed E-state index contributed by atoms with van der Waals surface area (Å²) in [5.74, 6) is 0.927. The highest BCUT2D eigenvalue weighted by Gasteiger charge is 2.54. The van der Waals surface area contributed by atoms with Crippen molar-refractivity contribution >= 4 is 5.91 Å². The first kappa shape index (κ1) is 25.8. The predicted molar refractivity (Wildman–Crippen MR) is 140 cm³/mol. The van der Waals surface area contributed by atoms with Crippen molar-refractivity contribution in [3.05, 3.63) is 65.0 Å². The van der Waals surface area contributed by atoms with Crippen molar-refractivity contribution in [3.63, 3.8) is 0 Å². The minimum atomic E-state index is -4.43. The van der Waals surface area contributed by atoms with Crippen LogP contribution in [0.1, 0.15) is 87.1 Å². The molecule has 0 N–H and O–H groups in total. The Morgan fingerprint density at radius 3 is 2.42 bits per heavy atom. The molecule has 1 saturated carbocycles. The van der Waals surface area contributed by atoms with Crippen molar-refractivity contribution in [1.82, 2.24) is 14.8 Å². The zero-order chi connectivity index (χ0) is 26.7. The molecule has 3 fully saturated rings. The lowest BCUT2D eigenvalue weighted by atomic mass is 9.73. The maximum Gasteiger partial charge on any atom is 0.417 e. The van der Waals surface area contributed by atoms with Crippen molar-refractivity contribution in [2.45, 2.75) is 102 Å². The fourth-order valence-electron chi connectivity index (χ4n) is 8.15. The highest BCUT2D eigenvalue weighted by molar-refractivity contribution is 5.83. The van der Waals surface area contributed by atoms with Gasteiger partial charge in [-0.3, -0.25) is 14.7 Å². The van der Waals surface area contributed by atoms with Gasteiger partial charge >= 0.3 is 6.18 Å². The number of aromatic nitrogens is 1. The number of pyridine rings is 1. The molecule has 4 aliphatic rings. The van der Waals surface area contributed by atoms with Gasteiger partial charge < -0.3 is 4.90 Å². The fourth-order valence-corrected chi connectivity index (χ4v) is 8.15. The van der Waals surface area contributed by atoms with Gasteiger partial charge in [-0.1, -0.05) is 44.2 Å². The molecule has 2 bridgehead atoms. The van der Waals surface area contributed by atoms with E-state index in [1.165, 1.54) is 37.3 Å². The highest BCUT2D eigenvalue weighted by atomic mass is 19.4. The number of fused-ring (bicyclic) bond motifs is 3. The number of alkyl halides is 3. The number of hydrogen-bond donors (Lipinski definition) is 0. The smallest absolute Gasteiger partial charge is 0.337 e. The van der Waals surface area contributed by atoms with Crippen LogP contribution in [0.5, 0.6) is 0 Å². The Bertz CT molecular complexity index is 1170. The molecule has 7 heteroatoms. The van der Waals surface area contributed by atoms with E-state index in [0.717, 1.165) is 25.5 Å². The van der Waals surface area contributed by atoms with Crippen molar-refractivity contribution in [2.75, 3.05) is 6.54 Å². The number of carbonyl (C=O) groups excluding carboxylic acids is 1. The molecule has 4 nitrogen and oxygen atoms in total. The third-order valence-electron chi connectivity index (χ3n) is 10.2. The zero-order valence-corrected chi connectivity index (χ0v) is 22.4. The molecule has 3 unspecified atom stereocenters. The van der Waals surface area contributed by atoms with Crippen LogP contribution in [0.4, 0.5) is 13.2 Å². The Hall–Kier alpha value is -2.41. The maximum absolute atomic E-state index is 14.2.